The quantitative estimate of drug-likeness (QED) is 0.189. The van der Waals surface area contributed by atoms with Gasteiger partial charge in [-0.15, -0.1) is 0 Å². The molecule has 0 saturated heterocycles. The Morgan fingerprint density at radius 2 is 0.947 bits per heavy atom. The molecule has 0 radical (unpaired) electrons. The first kappa shape index (κ1) is 30.8. The molecule has 0 aliphatic heterocycles. The maximum Gasteiger partial charge on any atom is 0.345 e. The molecule has 0 bridgehead atoms. The number of esters is 1. The lowest BCUT2D eigenvalue weighted by atomic mass is 10.1. The first-order valence-corrected chi connectivity index (χ1v) is 14.0. The molecule has 0 aliphatic rings. The van der Waals surface area contributed by atoms with Gasteiger partial charge < -0.3 is 21.7 Å². The van der Waals surface area contributed by atoms with Crippen LogP contribution in [0.4, 0.5) is 0 Å². The van der Waals surface area contributed by atoms with Gasteiger partial charge in [0, 0.05) is 11.1 Å². The molecule has 0 unspecified atom stereocenters. The van der Waals surface area contributed by atoms with Crippen molar-refractivity contribution in [1.29, 1.82) is 0 Å². The average molecular weight is 591 g/mol. The maximum atomic E-state index is 13.0. The van der Waals surface area contributed by atoms with Crippen molar-refractivity contribution in [3.63, 3.8) is 0 Å². The minimum atomic E-state index is -2.17. The van der Waals surface area contributed by atoms with E-state index in [2.05, 4.69) is 36.4 Å². The largest absolute Gasteiger partial charge is 1.00 e. The number of hydrogen-bond donors (Lipinski definition) is 0. The maximum absolute atomic E-state index is 13.0. The molecule has 4 nitrogen and oxygen atoms in total. The number of hydrogen-bond acceptors (Lipinski definition) is 4. The van der Waals surface area contributed by atoms with Gasteiger partial charge in [0.1, 0.15) is 28.8 Å². The van der Waals surface area contributed by atoms with Gasteiger partial charge in [0.25, 0.3) is 0 Å². The summed E-state index contributed by atoms with van der Waals surface area (Å²) < 4.78 is 5.75. The lowest BCUT2D eigenvalue weighted by Crippen LogP contribution is -3.00. The molecule has 0 amide bonds. The fourth-order valence-electron chi connectivity index (χ4n) is 4.06. The molecule has 0 N–H and O–H groups in total. The number of ether oxygens (including phenoxy) is 1. The summed E-state index contributed by atoms with van der Waals surface area (Å²) in [6.07, 6.45) is 1.69. The van der Waals surface area contributed by atoms with Crippen LogP contribution in [0.25, 0.3) is 0 Å². The van der Waals surface area contributed by atoms with Gasteiger partial charge in [-0.05, 0) is 57.2 Å². The van der Waals surface area contributed by atoms with Crippen LogP contribution in [0.15, 0.2) is 115 Å². The van der Waals surface area contributed by atoms with Crippen molar-refractivity contribution < 1.29 is 36.1 Å². The van der Waals surface area contributed by atoms with Crippen molar-refractivity contribution in [2.75, 3.05) is 6.16 Å². The third-order valence-electron chi connectivity index (χ3n) is 5.63. The molecular weight excluding hydrogens is 559 g/mol. The lowest BCUT2D eigenvalue weighted by molar-refractivity contribution is -0.151. The van der Waals surface area contributed by atoms with E-state index in [-0.39, 0.29) is 23.0 Å². The van der Waals surface area contributed by atoms with E-state index in [1.165, 1.54) is 15.9 Å². The van der Waals surface area contributed by atoms with Gasteiger partial charge in [0.2, 0.25) is 0 Å². The fraction of sp³-hybridized carbons (Fsp3) is 0.156. The van der Waals surface area contributed by atoms with Gasteiger partial charge in [0.15, 0.2) is 18.7 Å². The van der Waals surface area contributed by atoms with E-state index in [4.69, 9.17) is 4.74 Å². The normalized spacial score (nSPS) is 10.7. The molecule has 0 spiro atoms. The van der Waals surface area contributed by atoms with Crippen molar-refractivity contribution in [2.24, 2.45) is 0 Å². The smallest absolute Gasteiger partial charge is 0.345 e. The predicted octanol–water partition coefficient (Wildman–Crippen LogP) is 2.64. The van der Waals surface area contributed by atoms with Gasteiger partial charge in [0.05, 0.1) is 0 Å². The standard InChI is InChI=1S/C24H26O2P.C8H6O2.BrH/c1-24(2,3)26-23(25)19-27(20-13-7-4-8-14-20,21-15-9-5-10-16-21)22-17-11-6-12-18-22;9-5-7-3-1-2-4-8(7)6-10;/h4-18H,19H2,1-3H3;1-6H;1H/q+1;;/p-1. The number of aldehydes is 2. The molecule has 0 aliphatic carbocycles. The minimum Gasteiger partial charge on any atom is -1.00 e. The molecule has 0 saturated carbocycles. The first-order chi connectivity index (χ1) is 17.8. The summed E-state index contributed by atoms with van der Waals surface area (Å²) in [7, 11) is -2.17. The fourth-order valence-corrected chi connectivity index (χ4v) is 8.00. The Morgan fingerprint density at radius 1 is 0.632 bits per heavy atom. The number of halogens is 1. The Balaban J connectivity index is 0.000000389. The second kappa shape index (κ2) is 14.5. The van der Waals surface area contributed by atoms with E-state index >= 15 is 0 Å². The second-order valence-electron chi connectivity index (χ2n) is 9.43. The number of carbonyl (C=O) groups excluding carboxylic acids is 3. The summed E-state index contributed by atoms with van der Waals surface area (Å²) in [6, 6.07) is 37.8. The third-order valence-corrected chi connectivity index (χ3v) is 9.90. The molecule has 6 heteroatoms. The topological polar surface area (TPSA) is 60.4 Å². The monoisotopic (exact) mass is 590 g/mol. The van der Waals surface area contributed by atoms with Crippen LogP contribution in [0, 0.1) is 0 Å². The Hall–Kier alpha value is -3.40. The van der Waals surface area contributed by atoms with Crippen molar-refractivity contribution in [1.82, 2.24) is 0 Å². The highest BCUT2D eigenvalue weighted by Crippen LogP contribution is 2.55. The number of carbonyl (C=O) groups is 3. The summed E-state index contributed by atoms with van der Waals surface area (Å²) >= 11 is 0. The molecule has 38 heavy (non-hydrogen) atoms. The van der Waals surface area contributed by atoms with Crippen LogP contribution in [0.2, 0.25) is 0 Å². The van der Waals surface area contributed by atoms with Crippen LogP contribution in [0.1, 0.15) is 41.5 Å². The predicted molar refractivity (Wildman–Crippen MR) is 153 cm³/mol. The van der Waals surface area contributed by atoms with E-state index in [0.29, 0.717) is 29.9 Å². The van der Waals surface area contributed by atoms with E-state index in [1.807, 2.05) is 75.4 Å². The van der Waals surface area contributed by atoms with Crippen LogP contribution >= 0.6 is 7.26 Å². The molecule has 4 aromatic carbocycles. The molecule has 4 rings (SSSR count). The van der Waals surface area contributed by atoms with Crippen LogP contribution < -0.4 is 32.9 Å². The molecule has 0 fully saturated rings. The molecule has 0 heterocycles. The van der Waals surface area contributed by atoms with Crippen LogP contribution in [0.3, 0.4) is 0 Å². The molecule has 4 aromatic rings. The van der Waals surface area contributed by atoms with Crippen molar-refractivity contribution in [3.8, 4) is 0 Å². The summed E-state index contributed by atoms with van der Waals surface area (Å²) in [5, 5.41) is 3.56. The van der Waals surface area contributed by atoms with E-state index < -0.39 is 12.9 Å². The zero-order valence-corrected chi connectivity index (χ0v) is 24.3. The Kier molecular flexibility index (Phi) is 11.8. The lowest BCUT2D eigenvalue weighted by Gasteiger charge is -2.28. The highest BCUT2D eigenvalue weighted by Gasteiger charge is 2.48. The van der Waals surface area contributed by atoms with Gasteiger partial charge in [-0.25, -0.2) is 4.79 Å². The Labute approximate surface area is 236 Å². The van der Waals surface area contributed by atoms with Crippen LogP contribution in [-0.4, -0.2) is 30.3 Å². The minimum absolute atomic E-state index is 0. The van der Waals surface area contributed by atoms with Gasteiger partial charge in [-0.3, -0.25) is 9.59 Å². The SMILES string of the molecule is CC(C)(C)OC(=O)C[P+](c1ccccc1)(c1ccccc1)c1ccccc1.O=Cc1ccccc1C=O.[Br-]. The second-order valence-corrected chi connectivity index (χ2v) is 12.9. The summed E-state index contributed by atoms with van der Waals surface area (Å²) in [5.41, 5.74) is 0.381. The molecule has 0 aromatic heterocycles. The van der Waals surface area contributed by atoms with Crippen LogP contribution in [0.5, 0.6) is 0 Å². The zero-order valence-electron chi connectivity index (χ0n) is 21.8. The van der Waals surface area contributed by atoms with E-state index in [0.717, 1.165) is 0 Å². The van der Waals surface area contributed by atoms with Gasteiger partial charge in [-0.2, -0.15) is 0 Å². The summed E-state index contributed by atoms with van der Waals surface area (Å²) in [4.78, 5) is 33.5. The van der Waals surface area contributed by atoms with Crippen molar-refractivity contribution in [3.05, 3.63) is 126 Å². The van der Waals surface area contributed by atoms with Crippen molar-refractivity contribution >= 4 is 41.7 Å². The summed E-state index contributed by atoms with van der Waals surface area (Å²) in [6.45, 7) is 5.75. The summed E-state index contributed by atoms with van der Waals surface area (Å²) in [5.74, 6) is -0.160. The van der Waals surface area contributed by atoms with E-state index in [1.54, 1.807) is 24.3 Å². The van der Waals surface area contributed by atoms with E-state index in [9.17, 15) is 14.4 Å². The Morgan fingerprint density at radius 3 is 1.24 bits per heavy atom. The third kappa shape index (κ3) is 8.05. The number of benzene rings is 4. The molecule has 196 valence electrons. The number of rotatable bonds is 7. The molecular formula is C32H32BrO4P. The highest BCUT2D eigenvalue weighted by atomic mass is 79.9. The van der Waals surface area contributed by atoms with Gasteiger partial charge >= 0.3 is 5.97 Å². The van der Waals surface area contributed by atoms with Gasteiger partial charge in [-0.1, -0.05) is 78.9 Å². The molecule has 0 atom stereocenters. The van der Waals surface area contributed by atoms with Crippen LogP contribution in [-0.2, 0) is 9.53 Å². The average Bonchev–Trinajstić information content (AvgIpc) is 2.92. The van der Waals surface area contributed by atoms with Crippen molar-refractivity contribution in [2.45, 2.75) is 26.4 Å². The first-order valence-electron chi connectivity index (χ1n) is 12.1. The highest BCUT2D eigenvalue weighted by molar-refractivity contribution is 7.96. The Bertz CT molecular complexity index is 1180. The zero-order chi connectivity index (χ0) is 26.7.